The number of amides is 2. The van der Waals surface area contributed by atoms with Gasteiger partial charge in [-0.2, -0.15) is 5.10 Å². The Bertz CT molecular complexity index is 1350. The monoisotopic (exact) mass is 488 g/mol. The van der Waals surface area contributed by atoms with E-state index in [4.69, 9.17) is 0 Å². The number of benzene rings is 2. The molecule has 2 aromatic carbocycles. The van der Waals surface area contributed by atoms with Crippen molar-refractivity contribution in [1.82, 2.24) is 20.4 Å². The first-order valence-electron chi connectivity index (χ1n) is 11.6. The van der Waals surface area contributed by atoms with Crippen molar-refractivity contribution in [1.29, 1.82) is 0 Å². The molecule has 180 valence electrons. The van der Waals surface area contributed by atoms with Gasteiger partial charge in [0.1, 0.15) is 0 Å². The summed E-state index contributed by atoms with van der Waals surface area (Å²) in [6.07, 6.45) is 0. The maximum absolute atomic E-state index is 12.9. The molecule has 2 aromatic heterocycles. The molecule has 9 heteroatoms. The number of H-pyrrole nitrogens is 1. The standard InChI is InChI=1S/C26H28N6O2S/c1-17-3-9-21(35-17)16-27-25(33)19-6-10-23-22(15-19)24(30-29-23)28-26(34)18-4-7-20(8-5-18)32-13-11-31(2)12-14-32/h3-10,15H,11-14,16H2,1-2H3,(H,27,33)(H2,28,29,30,34). The summed E-state index contributed by atoms with van der Waals surface area (Å²) >= 11 is 1.66. The van der Waals surface area contributed by atoms with Crippen LogP contribution in [0, 0.1) is 6.92 Å². The highest BCUT2D eigenvalue weighted by Crippen LogP contribution is 2.24. The van der Waals surface area contributed by atoms with Crippen LogP contribution in [0.3, 0.4) is 0 Å². The van der Waals surface area contributed by atoms with Crippen molar-refractivity contribution in [2.45, 2.75) is 13.5 Å². The van der Waals surface area contributed by atoms with Crippen LogP contribution in [-0.4, -0.2) is 60.1 Å². The Morgan fingerprint density at radius 1 is 0.971 bits per heavy atom. The van der Waals surface area contributed by atoms with Crippen LogP contribution < -0.4 is 15.5 Å². The lowest BCUT2D eigenvalue weighted by atomic mass is 10.1. The zero-order chi connectivity index (χ0) is 24.4. The van der Waals surface area contributed by atoms with Gasteiger partial charge in [0.2, 0.25) is 0 Å². The third kappa shape index (κ3) is 5.21. The van der Waals surface area contributed by atoms with E-state index in [1.807, 2.05) is 43.3 Å². The highest BCUT2D eigenvalue weighted by atomic mass is 32.1. The van der Waals surface area contributed by atoms with Gasteiger partial charge in [-0.1, -0.05) is 0 Å². The summed E-state index contributed by atoms with van der Waals surface area (Å²) in [5.41, 5.74) is 2.93. The van der Waals surface area contributed by atoms with Gasteiger partial charge >= 0.3 is 0 Å². The minimum atomic E-state index is -0.244. The van der Waals surface area contributed by atoms with Gasteiger partial charge < -0.3 is 20.4 Å². The highest BCUT2D eigenvalue weighted by molar-refractivity contribution is 7.11. The number of carbonyl (C=O) groups is 2. The third-order valence-corrected chi connectivity index (χ3v) is 7.27. The lowest BCUT2D eigenvalue weighted by molar-refractivity contribution is 0.0950. The van der Waals surface area contributed by atoms with E-state index in [1.165, 1.54) is 4.88 Å². The van der Waals surface area contributed by atoms with Crippen molar-refractivity contribution in [3.8, 4) is 0 Å². The summed E-state index contributed by atoms with van der Waals surface area (Å²) in [6, 6.07) is 17.0. The van der Waals surface area contributed by atoms with Crippen molar-refractivity contribution < 1.29 is 9.59 Å². The van der Waals surface area contributed by atoms with Gasteiger partial charge in [0.15, 0.2) is 5.82 Å². The number of aromatic amines is 1. The molecule has 1 aliphatic rings. The lowest BCUT2D eigenvalue weighted by Crippen LogP contribution is -2.44. The smallest absolute Gasteiger partial charge is 0.256 e. The molecular formula is C26H28N6O2S. The Balaban J connectivity index is 1.26. The second kappa shape index (κ2) is 9.89. The lowest BCUT2D eigenvalue weighted by Gasteiger charge is -2.34. The topological polar surface area (TPSA) is 93.4 Å². The first-order valence-corrected chi connectivity index (χ1v) is 12.4. The number of rotatable bonds is 6. The molecule has 0 atom stereocenters. The molecule has 35 heavy (non-hydrogen) atoms. The van der Waals surface area contributed by atoms with Crippen molar-refractivity contribution in [3.63, 3.8) is 0 Å². The van der Waals surface area contributed by atoms with Gasteiger partial charge in [0.05, 0.1) is 12.1 Å². The van der Waals surface area contributed by atoms with Crippen molar-refractivity contribution in [3.05, 3.63) is 75.5 Å². The summed E-state index contributed by atoms with van der Waals surface area (Å²) in [5, 5.41) is 13.7. The molecule has 5 rings (SSSR count). The van der Waals surface area contributed by atoms with Crippen LogP contribution >= 0.6 is 11.3 Å². The fraction of sp³-hybridized carbons (Fsp3) is 0.269. The molecule has 3 heterocycles. The summed E-state index contributed by atoms with van der Waals surface area (Å²) in [7, 11) is 2.13. The van der Waals surface area contributed by atoms with E-state index >= 15 is 0 Å². The number of likely N-dealkylation sites (N-methyl/N-ethyl adjacent to an activating group) is 1. The zero-order valence-corrected chi connectivity index (χ0v) is 20.6. The van der Waals surface area contributed by atoms with Gasteiger partial charge in [0.25, 0.3) is 11.8 Å². The van der Waals surface area contributed by atoms with Crippen molar-refractivity contribution >= 4 is 45.6 Å². The van der Waals surface area contributed by atoms with E-state index in [0.717, 1.165) is 42.3 Å². The number of nitrogens with one attached hydrogen (secondary N) is 3. The Morgan fingerprint density at radius 3 is 2.43 bits per heavy atom. The van der Waals surface area contributed by atoms with Gasteiger partial charge in [-0.15, -0.1) is 11.3 Å². The quantitative estimate of drug-likeness (QED) is 0.383. The Labute approximate surface area is 207 Å². The van der Waals surface area contributed by atoms with Crippen molar-refractivity contribution in [2.24, 2.45) is 0 Å². The first kappa shape index (κ1) is 23.1. The predicted octanol–water partition coefficient (Wildman–Crippen LogP) is 3.87. The molecule has 0 aliphatic carbocycles. The van der Waals surface area contributed by atoms with E-state index in [-0.39, 0.29) is 11.8 Å². The van der Waals surface area contributed by atoms with Crippen LogP contribution in [0.15, 0.2) is 54.6 Å². The van der Waals surface area contributed by atoms with Gasteiger partial charge in [0, 0.05) is 58.1 Å². The molecule has 3 N–H and O–H groups in total. The fourth-order valence-corrected chi connectivity index (χ4v) is 5.00. The number of hydrogen-bond acceptors (Lipinski definition) is 6. The molecule has 1 aliphatic heterocycles. The molecule has 0 spiro atoms. The van der Waals surface area contributed by atoms with Crippen LogP contribution in [0.2, 0.25) is 0 Å². The van der Waals surface area contributed by atoms with Crippen LogP contribution in [0.4, 0.5) is 11.5 Å². The maximum atomic E-state index is 12.9. The summed E-state index contributed by atoms with van der Waals surface area (Å²) in [5.74, 6) is -0.0150. The van der Waals surface area contributed by atoms with Crippen molar-refractivity contribution in [2.75, 3.05) is 43.4 Å². The molecule has 0 bridgehead atoms. The molecule has 8 nitrogen and oxygen atoms in total. The molecule has 1 saturated heterocycles. The summed E-state index contributed by atoms with van der Waals surface area (Å²) in [4.78, 5) is 32.6. The van der Waals surface area contributed by atoms with Gasteiger partial charge in [-0.05, 0) is 68.6 Å². The van der Waals surface area contributed by atoms with Crippen LogP contribution in [-0.2, 0) is 6.54 Å². The molecule has 0 saturated carbocycles. The number of piperazine rings is 1. The third-order valence-electron chi connectivity index (χ3n) is 6.27. The first-order chi connectivity index (χ1) is 17.0. The average molecular weight is 489 g/mol. The predicted molar refractivity (Wildman–Crippen MR) is 140 cm³/mol. The van der Waals surface area contributed by atoms with Crippen LogP contribution in [0.5, 0.6) is 0 Å². The number of carbonyl (C=O) groups excluding carboxylic acids is 2. The van der Waals surface area contributed by atoms with Crippen LogP contribution in [0.25, 0.3) is 10.9 Å². The van der Waals surface area contributed by atoms with E-state index < -0.39 is 0 Å². The SMILES string of the molecule is Cc1ccc(CNC(=O)c2ccc3[nH]nc(NC(=O)c4ccc(N5CCN(C)CC5)cc4)c3c2)s1. The number of fused-ring (bicyclic) bond motifs is 1. The molecule has 1 fully saturated rings. The second-order valence-corrected chi connectivity index (χ2v) is 10.2. The molecule has 2 amide bonds. The average Bonchev–Trinajstić information content (AvgIpc) is 3.48. The molecule has 4 aromatic rings. The molecular weight excluding hydrogens is 460 g/mol. The Kier molecular flexibility index (Phi) is 6.52. The highest BCUT2D eigenvalue weighted by Gasteiger charge is 2.17. The number of thiophene rings is 1. The number of anilines is 2. The number of nitrogens with zero attached hydrogens (tertiary/aromatic N) is 3. The van der Waals surface area contributed by atoms with E-state index in [1.54, 1.807) is 29.5 Å². The number of aromatic nitrogens is 2. The summed E-state index contributed by atoms with van der Waals surface area (Å²) in [6.45, 7) is 6.54. The Hall–Kier alpha value is -3.69. The Morgan fingerprint density at radius 2 is 1.71 bits per heavy atom. The largest absolute Gasteiger partial charge is 0.369 e. The number of aryl methyl sites for hydroxylation is 1. The maximum Gasteiger partial charge on any atom is 0.256 e. The van der Waals surface area contributed by atoms with Gasteiger partial charge in [-0.3, -0.25) is 14.7 Å². The number of hydrogen-bond donors (Lipinski definition) is 3. The van der Waals surface area contributed by atoms with Gasteiger partial charge in [-0.25, -0.2) is 0 Å². The minimum absolute atomic E-state index is 0.170. The summed E-state index contributed by atoms with van der Waals surface area (Å²) < 4.78 is 0. The van der Waals surface area contributed by atoms with E-state index in [9.17, 15) is 9.59 Å². The fourth-order valence-electron chi connectivity index (χ4n) is 4.17. The van der Waals surface area contributed by atoms with Crippen LogP contribution in [0.1, 0.15) is 30.5 Å². The second-order valence-electron chi connectivity index (χ2n) is 8.82. The van der Waals surface area contributed by atoms with E-state index in [0.29, 0.717) is 28.9 Å². The van der Waals surface area contributed by atoms with E-state index in [2.05, 4.69) is 37.7 Å². The zero-order valence-electron chi connectivity index (χ0n) is 19.8. The molecule has 0 unspecified atom stereocenters. The normalized spacial score (nSPS) is 14.3. The molecule has 0 radical (unpaired) electrons. The minimum Gasteiger partial charge on any atom is -0.369 e.